The Balaban J connectivity index is 1.17. The van der Waals surface area contributed by atoms with Crippen LogP contribution in [0.3, 0.4) is 0 Å². The second-order valence-electron chi connectivity index (χ2n) is 28.9. The molecule has 29 heteroatoms. The molecule has 0 spiro atoms. The van der Waals surface area contributed by atoms with E-state index in [0.717, 1.165) is 6.92 Å². The minimum absolute atomic E-state index is 0.0130. The van der Waals surface area contributed by atoms with Gasteiger partial charge in [0, 0.05) is 101 Å². The van der Waals surface area contributed by atoms with Crippen molar-refractivity contribution in [3.8, 4) is 5.75 Å². The molecule has 0 aliphatic carbocycles. The lowest BCUT2D eigenvalue weighted by atomic mass is 9.87. The minimum Gasteiger partial charge on any atom is -0.420 e. The fourth-order valence-corrected chi connectivity index (χ4v) is 14.9. The number of amides is 8. The fourth-order valence-electron chi connectivity index (χ4n) is 14.1. The van der Waals surface area contributed by atoms with Crippen LogP contribution >= 0.6 is 11.3 Å². The van der Waals surface area contributed by atoms with Crippen LogP contribution in [0.1, 0.15) is 168 Å². The molecule has 0 radical (unpaired) electrons. The zero-order chi connectivity index (χ0) is 76.9. The zero-order valence-electron chi connectivity index (χ0n) is 62.8. The molecule has 103 heavy (non-hydrogen) atoms. The Labute approximate surface area is 608 Å². The Bertz CT molecular complexity index is 3330. The number of nitrogens with two attached hydrogens (primary N) is 1. The summed E-state index contributed by atoms with van der Waals surface area (Å²) in [6, 6.07) is 2.39. The van der Waals surface area contributed by atoms with Crippen LogP contribution < -0.4 is 37.1 Å². The molecule has 2 fully saturated rings. The molecule has 7 N–H and O–H groups in total. The van der Waals surface area contributed by atoms with Crippen molar-refractivity contribution in [1.29, 1.82) is 0 Å². The molecule has 8 amide bonds. The normalized spacial score (nSPS) is 18.6. The smallest absolute Gasteiger partial charge is 0.314 e. The predicted molar refractivity (Wildman–Crippen MR) is 383 cm³/mol. The largest absolute Gasteiger partial charge is 0.420 e. The maximum Gasteiger partial charge on any atom is 0.314 e. The van der Waals surface area contributed by atoms with Gasteiger partial charge in [-0.05, 0) is 127 Å². The van der Waals surface area contributed by atoms with Crippen LogP contribution in [0.5, 0.6) is 5.75 Å². The summed E-state index contributed by atoms with van der Waals surface area (Å²) in [5.74, 6) is -16.4. The number of carbonyl (C=O) groups excluding carboxylic acids is 10. The lowest BCUT2D eigenvalue weighted by Crippen LogP contribution is -2.59. The van der Waals surface area contributed by atoms with Crippen molar-refractivity contribution in [2.24, 2.45) is 47.2 Å². The summed E-state index contributed by atoms with van der Waals surface area (Å²) in [6.07, 6.45) is 2.70. The molecule has 5 rings (SSSR count). The van der Waals surface area contributed by atoms with Gasteiger partial charge >= 0.3 is 12.0 Å². The molecule has 574 valence electrons. The van der Waals surface area contributed by atoms with Gasteiger partial charge in [0.1, 0.15) is 16.8 Å². The van der Waals surface area contributed by atoms with E-state index in [1.807, 2.05) is 72.4 Å². The minimum atomic E-state index is -1.95. The van der Waals surface area contributed by atoms with Gasteiger partial charge in [-0.25, -0.2) is 22.9 Å². The molecular formula is C74H111F4N11O13S. The summed E-state index contributed by atoms with van der Waals surface area (Å²) in [6.45, 7) is 21.0. The number of primary amides is 1. The predicted octanol–water partition coefficient (Wildman–Crippen LogP) is 8.60. The highest BCUT2D eigenvalue weighted by Gasteiger charge is 2.45. The van der Waals surface area contributed by atoms with Gasteiger partial charge in [-0.2, -0.15) is 4.39 Å². The Morgan fingerprint density at radius 2 is 1.43 bits per heavy atom. The van der Waals surface area contributed by atoms with E-state index >= 15 is 0 Å². The van der Waals surface area contributed by atoms with E-state index in [0.29, 0.717) is 61.6 Å². The number of aromatic nitrogens is 1. The van der Waals surface area contributed by atoms with Crippen molar-refractivity contribution >= 4 is 76.0 Å². The highest BCUT2D eigenvalue weighted by Crippen LogP contribution is 2.35. The third-order valence-corrected chi connectivity index (χ3v) is 21.1. The first kappa shape index (κ1) is 86.2. The Morgan fingerprint density at radius 3 is 2.00 bits per heavy atom. The first-order chi connectivity index (χ1) is 48.6. The Hall–Kier alpha value is -7.47. The van der Waals surface area contributed by atoms with Crippen molar-refractivity contribution in [1.82, 2.24) is 45.9 Å². The van der Waals surface area contributed by atoms with E-state index in [4.69, 9.17) is 19.9 Å². The van der Waals surface area contributed by atoms with Crippen molar-refractivity contribution in [3.05, 3.63) is 75.2 Å². The number of carbonyl (C=O) groups is 10. The zero-order valence-corrected chi connectivity index (χ0v) is 63.6. The van der Waals surface area contributed by atoms with Gasteiger partial charge in [-0.3, -0.25) is 48.1 Å². The average molecular weight is 1470 g/mol. The number of nitrogens with zero attached hydrogens (tertiary/aromatic N) is 5. The number of anilines is 1. The van der Waals surface area contributed by atoms with E-state index in [1.54, 1.807) is 73.5 Å². The van der Waals surface area contributed by atoms with Crippen molar-refractivity contribution in [3.63, 3.8) is 0 Å². The summed E-state index contributed by atoms with van der Waals surface area (Å²) in [4.78, 5) is 149. The standard InChI is InChI=1S/C74H111F4N11O13S/c1-17-43(8)65(87(14)72(97)63(41(4)5)85-70(96)64(42(6)7)86(12)13)55(100-15)38-57(93)89-32-19-22-52(89)66(101-16)45(10)53(90)37-51(71-80-30-34-103-71)69(95)82-39-47-24-26-50(27-25-47)83-68(94)48(21-18-29-81-74(79)99)36-54(91)62(40(2)3)84-56(92)23-20-31-88-33-28-49(35-44(88)9)73(98)102-67-59(76)46(11)58(75)60(77)61(67)78/h24-27,30,34,40-45,48-49,51-52,55,62-66H,17-23,28-29,31-33,35-39H2,1-16H3,(H,82,95)(H,83,94)(H,84,92)(H,85,96)(H3,79,81,99)/t43-,44?,45-,48+,49?,51+,52-,55+,62-,63-,64-,65-,66+/m0/s1. The molecule has 0 bridgehead atoms. The third-order valence-electron chi connectivity index (χ3n) is 20.2. The van der Waals surface area contributed by atoms with Gasteiger partial charge in [0.2, 0.25) is 47.0 Å². The Morgan fingerprint density at radius 1 is 0.757 bits per heavy atom. The number of nitrogens with one attached hydrogen (secondary N) is 5. The number of Topliss-reactive ketones (excluding diaryl/α,β-unsaturated/α-hetero) is 2. The van der Waals surface area contributed by atoms with Gasteiger partial charge in [-0.15, -0.1) is 11.3 Å². The summed E-state index contributed by atoms with van der Waals surface area (Å²) in [5.41, 5.74) is 5.50. The maximum absolute atomic E-state index is 14.6. The van der Waals surface area contributed by atoms with Gasteiger partial charge in [0.25, 0.3) is 0 Å². The maximum atomic E-state index is 14.6. The highest BCUT2D eigenvalue weighted by atomic mass is 32.1. The van der Waals surface area contributed by atoms with Crippen molar-refractivity contribution < 1.29 is 79.7 Å². The third kappa shape index (κ3) is 23.8. The molecule has 2 aromatic carbocycles. The molecule has 24 nitrogen and oxygen atoms in total. The average Bonchev–Trinajstić information content (AvgIpc) is 1.63. The van der Waals surface area contributed by atoms with Gasteiger partial charge < -0.3 is 61.2 Å². The molecule has 13 atom stereocenters. The van der Waals surface area contributed by atoms with E-state index in [-0.39, 0.29) is 118 Å². The van der Waals surface area contributed by atoms with Gasteiger partial charge in [-0.1, -0.05) is 80.9 Å². The highest BCUT2D eigenvalue weighted by molar-refractivity contribution is 7.09. The summed E-state index contributed by atoms with van der Waals surface area (Å²) in [7, 11) is 8.38. The summed E-state index contributed by atoms with van der Waals surface area (Å²) in [5, 5.41) is 16.3. The topological polar surface area (TPSA) is 310 Å². The lowest BCUT2D eigenvalue weighted by molar-refractivity contribution is -0.148. The van der Waals surface area contributed by atoms with E-state index in [2.05, 4.69) is 31.6 Å². The SMILES string of the molecule is CC[C@H](C)[C@@H]([C@@H](CC(=O)N1CCC[C@H]1[C@H](OC)[C@@H](C)C(=O)C[C@H](C(=O)NCc1ccc(NC(=O)[C@H](CCCNC(N)=O)CC(=O)[C@@H](NC(=O)CCCN2CCC(C(=O)Oc3c(F)c(C)c(F)c(F)c3F)CC2C)C(C)C)cc1)c1nccs1)OC)N(C)C(=O)[C@@H](NC(=O)[C@H](C(C)C)N(C)C)C(C)C. The molecule has 2 aliphatic heterocycles. The summed E-state index contributed by atoms with van der Waals surface area (Å²) < 4.78 is 74.0. The molecule has 2 unspecified atom stereocenters. The number of halogens is 4. The number of esters is 1. The molecule has 3 aromatic rings. The fraction of sp³-hybridized carbons (Fsp3) is 0.662. The molecular weight excluding hydrogens is 1360 g/mol. The molecule has 3 heterocycles. The van der Waals surface area contributed by atoms with Crippen LogP contribution in [0.4, 0.5) is 28.0 Å². The number of benzene rings is 2. The molecule has 1 aromatic heterocycles. The lowest BCUT2D eigenvalue weighted by Gasteiger charge is -2.41. The number of hydrogen-bond acceptors (Lipinski definition) is 17. The van der Waals surface area contributed by atoms with Crippen LogP contribution in [-0.4, -0.2) is 194 Å². The van der Waals surface area contributed by atoms with Crippen molar-refractivity contribution in [2.75, 3.05) is 66.9 Å². The summed E-state index contributed by atoms with van der Waals surface area (Å²) >= 11 is 1.23. The van der Waals surface area contributed by atoms with Gasteiger partial charge in [0.05, 0.1) is 54.6 Å². The first-order valence-corrected chi connectivity index (χ1v) is 36.8. The van der Waals surface area contributed by atoms with Crippen molar-refractivity contribution in [2.45, 2.75) is 214 Å². The number of likely N-dealkylation sites (tertiary alicyclic amines) is 2. The van der Waals surface area contributed by atoms with Crippen LogP contribution in [0.25, 0.3) is 0 Å². The number of methoxy groups -OCH3 is 2. The number of ketones is 2. The number of rotatable bonds is 40. The number of urea groups is 1. The molecule has 2 saturated heterocycles. The van der Waals surface area contributed by atoms with Crippen LogP contribution in [0.2, 0.25) is 0 Å². The van der Waals surface area contributed by atoms with E-state index < -0.39 is 136 Å². The van der Waals surface area contributed by atoms with Gasteiger partial charge in [0.15, 0.2) is 23.2 Å². The van der Waals surface area contributed by atoms with Crippen LogP contribution in [-0.2, 0) is 59.2 Å². The number of thiazole rings is 1. The molecule has 0 saturated carbocycles. The number of hydrogen-bond donors (Lipinski definition) is 6. The Kier molecular flexibility index (Phi) is 34.1. The molecule has 2 aliphatic rings. The number of piperidine rings is 1. The van der Waals surface area contributed by atoms with Crippen LogP contribution in [0, 0.1) is 71.6 Å². The van der Waals surface area contributed by atoms with E-state index in [9.17, 15) is 65.5 Å². The quantitative estimate of drug-likeness (QED) is 0.00775. The van der Waals surface area contributed by atoms with Crippen LogP contribution in [0.15, 0.2) is 35.8 Å². The number of ether oxygens (including phenoxy) is 3. The van der Waals surface area contributed by atoms with E-state index in [1.165, 1.54) is 25.6 Å². The first-order valence-electron chi connectivity index (χ1n) is 35.9. The number of likely N-dealkylation sites (N-methyl/N-ethyl adjacent to an activating group) is 2. The second-order valence-corrected chi connectivity index (χ2v) is 29.8. The monoisotopic (exact) mass is 1470 g/mol. The second kappa shape index (κ2) is 40.7.